The van der Waals surface area contributed by atoms with Gasteiger partial charge < -0.3 is 16.2 Å². The van der Waals surface area contributed by atoms with Gasteiger partial charge in [-0.05, 0) is 12.0 Å². The van der Waals surface area contributed by atoms with Gasteiger partial charge in [0.2, 0.25) is 5.91 Å². The number of benzene rings is 1. The molecule has 1 amide bonds. The molecule has 0 radical (unpaired) electrons. The number of nitrogens with two attached hydrogens (primary N) is 1. The molecule has 0 aliphatic rings. The van der Waals surface area contributed by atoms with Crippen molar-refractivity contribution in [1.29, 1.82) is 0 Å². The Hall–Kier alpha value is -1.55. The molecule has 0 unspecified atom stereocenters. The number of nitrogens with one attached hydrogen (secondary N) is 1. The molecule has 4 heteroatoms. The number of para-hydroxylation sites is 1. The lowest BCUT2D eigenvalue weighted by atomic mass is 10.0. The number of hydrogen-bond acceptors (Lipinski definition) is 3. The van der Waals surface area contributed by atoms with Crippen molar-refractivity contribution in [2.75, 3.05) is 0 Å². The lowest BCUT2D eigenvalue weighted by molar-refractivity contribution is -0.123. The molecule has 1 rings (SSSR count). The molecule has 0 aliphatic heterocycles. The van der Waals surface area contributed by atoms with E-state index in [0.29, 0.717) is 12.1 Å². The maximum absolute atomic E-state index is 11.6. The van der Waals surface area contributed by atoms with Crippen LogP contribution in [0.1, 0.15) is 19.4 Å². The molecule has 88 valence electrons. The third-order valence-corrected chi connectivity index (χ3v) is 2.47. The van der Waals surface area contributed by atoms with E-state index < -0.39 is 6.04 Å². The Bertz CT molecular complexity index is 364. The van der Waals surface area contributed by atoms with E-state index in [2.05, 4.69) is 5.32 Å². The summed E-state index contributed by atoms with van der Waals surface area (Å²) in [5, 5.41) is 12.2. The summed E-state index contributed by atoms with van der Waals surface area (Å²) in [6, 6.07) is 6.38. The highest BCUT2D eigenvalue weighted by molar-refractivity contribution is 5.81. The topological polar surface area (TPSA) is 75.4 Å². The first-order valence-electron chi connectivity index (χ1n) is 5.32. The Morgan fingerprint density at radius 3 is 2.62 bits per heavy atom. The van der Waals surface area contributed by atoms with Crippen molar-refractivity contribution < 1.29 is 9.90 Å². The number of rotatable bonds is 4. The summed E-state index contributed by atoms with van der Waals surface area (Å²) in [4.78, 5) is 11.6. The van der Waals surface area contributed by atoms with Gasteiger partial charge in [-0.15, -0.1) is 0 Å². The Balaban J connectivity index is 2.52. The van der Waals surface area contributed by atoms with Gasteiger partial charge in [0, 0.05) is 12.1 Å². The van der Waals surface area contributed by atoms with E-state index in [9.17, 15) is 9.90 Å². The maximum Gasteiger partial charge on any atom is 0.237 e. The van der Waals surface area contributed by atoms with Crippen molar-refractivity contribution in [2.24, 2.45) is 11.7 Å². The second kappa shape index (κ2) is 5.51. The standard InChI is InChI=1S/C12H18N2O2/c1-8(2)11(13)12(16)14-7-9-5-3-4-6-10(9)15/h3-6,8,11,15H,7,13H2,1-2H3,(H,14,16)/t11-/m1/s1. The number of phenols is 1. The predicted molar refractivity (Wildman–Crippen MR) is 62.8 cm³/mol. The predicted octanol–water partition coefficient (Wildman–Crippen LogP) is 0.992. The van der Waals surface area contributed by atoms with Gasteiger partial charge in [-0.1, -0.05) is 32.0 Å². The van der Waals surface area contributed by atoms with Gasteiger partial charge in [0.15, 0.2) is 0 Å². The summed E-state index contributed by atoms with van der Waals surface area (Å²) in [7, 11) is 0. The van der Waals surface area contributed by atoms with Crippen LogP contribution in [-0.2, 0) is 11.3 Å². The fourth-order valence-electron chi connectivity index (χ4n) is 1.26. The number of hydrogen-bond donors (Lipinski definition) is 3. The number of carbonyl (C=O) groups is 1. The third kappa shape index (κ3) is 3.24. The maximum atomic E-state index is 11.6. The second-order valence-corrected chi connectivity index (χ2v) is 4.12. The minimum Gasteiger partial charge on any atom is -0.508 e. The molecule has 1 aromatic rings. The fourth-order valence-corrected chi connectivity index (χ4v) is 1.26. The fraction of sp³-hybridized carbons (Fsp3) is 0.417. The largest absolute Gasteiger partial charge is 0.508 e. The van der Waals surface area contributed by atoms with Crippen LogP contribution in [0.25, 0.3) is 0 Å². The van der Waals surface area contributed by atoms with E-state index in [1.165, 1.54) is 0 Å². The van der Waals surface area contributed by atoms with Crippen LogP contribution in [0.15, 0.2) is 24.3 Å². The Morgan fingerprint density at radius 2 is 2.06 bits per heavy atom. The van der Waals surface area contributed by atoms with E-state index in [1.807, 2.05) is 19.9 Å². The van der Waals surface area contributed by atoms with Crippen LogP contribution in [-0.4, -0.2) is 17.1 Å². The second-order valence-electron chi connectivity index (χ2n) is 4.12. The molecular formula is C12H18N2O2. The van der Waals surface area contributed by atoms with Crippen molar-refractivity contribution in [3.05, 3.63) is 29.8 Å². The Morgan fingerprint density at radius 1 is 1.44 bits per heavy atom. The van der Waals surface area contributed by atoms with Crippen molar-refractivity contribution in [1.82, 2.24) is 5.32 Å². The molecule has 0 heterocycles. The van der Waals surface area contributed by atoms with Crippen molar-refractivity contribution >= 4 is 5.91 Å². The average Bonchev–Trinajstić information content (AvgIpc) is 2.26. The number of amides is 1. The van der Waals surface area contributed by atoms with Gasteiger partial charge in [-0.3, -0.25) is 4.79 Å². The zero-order valence-corrected chi connectivity index (χ0v) is 9.60. The van der Waals surface area contributed by atoms with Gasteiger partial charge in [-0.25, -0.2) is 0 Å². The lowest BCUT2D eigenvalue weighted by Gasteiger charge is -2.15. The summed E-state index contributed by atoms with van der Waals surface area (Å²) < 4.78 is 0. The van der Waals surface area contributed by atoms with Crippen molar-refractivity contribution in [3.63, 3.8) is 0 Å². The highest BCUT2D eigenvalue weighted by atomic mass is 16.3. The average molecular weight is 222 g/mol. The van der Waals surface area contributed by atoms with Crippen LogP contribution in [0.4, 0.5) is 0 Å². The zero-order chi connectivity index (χ0) is 12.1. The monoisotopic (exact) mass is 222 g/mol. The summed E-state index contributed by atoms with van der Waals surface area (Å²) in [5.74, 6) is 0.0866. The van der Waals surface area contributed by atoms with Gasteiger partial charge in [0.05, 0.1) is 6.04 Å². The first kappa shape index (κ1) is 12.5. The first-order chi connectivity index (χ1) is 7.52. The summed E-state index contributed by atoms with van der Waals surface area (Å²) in [6.07, 6.45) is 0. The SMILES string of the molecule is CC(C)[C@@H](N)C(=O)NCc1ccccc1O. The molecule has 1 aromatic carbocycles. The molecule has 0 bridgehead atoms. The molecule has 4 nitrogen and oxygen atoms in total. The smallest absolute Gasteiger partial charge is 0.237 e. The molecule has 16 heavy (non-hydrogen) atoms. The van der Waals surface area contributed by atoms with E-state index in [0.717, 1.165) is 0 Å². The highest BCUT2D eigenvalue weighted by Crippen LogP contribution is 2.14. The van der Waals surface area contributed by atoms with Crippen LogP contribution in [0.5, 0.6) is 5.75 Å². The molecule has 0 aliphatic carbocycles. The molecule has 0 spiro atoms. The van der Waals surface area contributed by atoms with Gasteiger partial charge >= 0.3 is 0 Å². The van der Waals surface area contributed by atoms with Crippen LogP contribution < -0.4 is 11.1 Å². The normalized spacial score (nSPS) is 12.5. The lowest BCUT2D eigenvalue weighted by Crippen LogP contribution is -2.43. The van der Waals surface area contributed by atoms with Crippen LogP contribution >= 0.6 is 0 Å². The molecule has 1 atom stereocenters. The molecule has 0 saturated carbocycles. The van der Waals surface area contributed by atoms with Crippen molar-refractivity contribution in [3.8, 4) is 5.75 Å². The molecular weight excluding hydrogens is 204 g/mol. The van der Waals surface area contributed by atoms with Crippen LogP contribution in [0.3, 0.4) is 0 Å². The minimum atomic E-state index is -0.508. The Labute approximate surface area is 95.5 Å². The molecule has 0 saturated heterocycles. The van der Waals surface area contributed by atoms with Crippen LogP contribution in [0, 0.1) is 5.92 Å². The molecule has 0 fully saturated rings. The van der Waals surface area contributed by atoms with E-state index in [-0.39, 0.29) is 17.6 Å². The van der Waals surface area contributed by atoms with E-state index in [1.54, 1.807) is 18.2 Å². The van der Waals surface area contributed by atoms with Gasteiger partial charge in [0.25, 0.3) is 0 Å². The quantitative estimate of drug-likeness (QED) is 0.711. The third-order valence-electron chi connectivity index (χ3n) is 2.47. The number of carbonyl (C=O) groups excluding carboxylic acids is 1. The number of phenolic OH excluding ortho intramolecular Hbond substituents is 1. The first-order valence-corrected chi connectivity index (χ1v) is 5.32. The molecule has 4 N–H and O–H groups in total. The summed E-state index contributed by atoms with van der Waals surface area (Å²) in [5.41, 5.74) is 6.37. The van der Waals surface area contributed by atoms with E-state index >= 15 is 0 Å². The molecule has 0 aromatic heterocycles. The summed E-state index contributed by atoms with van der Waals surface area (Å²) in [6.45, 7) is 4.08. The highest BCUT2D eigenvalue weighted by Gasteiger charge is 2.16. The van der Waals surface area contributed by atoms with Gasteiger partial charge in [-0.2, -0.15) is 0 Å². The van der Waals surface area contributed by atoms with Crippen molar-refractivity contribution in [2.45, 2.75) is 26.4 Å². The van der Waals surface area contributed by atoms with E-state index in [4.69, 9.17) is 5.73 Å². The van der Waals surface area contributed by atoms with Gasteiger partial charge in [0.1, 0.15) is 5.75 Å². The zero-order valence-electron chi connectivity index (χ0n) is 9.60. The minimum absolute atomic E-state index is 0.101. The summed E-state index contributed by atoms with van der Waals surface area (Å²) >= 11 is 0. The van der Waals surface area contributed by atoms with Crippen LogP contribution in [0.2, 0.25) is 0 Å². The Kier molecular flexibility index (Phi) is 4.31. The number of aromatic hydroxyl groups is 1.